The monoisotopic (exact) mass is 983 g/mol. The second-order valence-electron chi connectivity index (χ2n) is 13.7. The minimum absolute atomic E-state index is 0. The SMILES string of the molecule is CC(=O)[N-]c1c(N(C)NC(C)=O)ccc(-n2c(=O)n(-c3ccc(N(C)NC(C)=O)c([N-]C(C)=O)c3C)c(=O)n(-c3ccc(N(C)NC(C)=O)c([N-]C(C)=O)c3C)c2=O)c1C.[Gd+3]. The summed E-state index contributed by atoms with van der Waals surface area (Å²) >= 11 is 0. The first kappa shape index (κ1) is 49.0. The Kier molecular flexibility index (Phi) is 15.9. The predicted octanol–water partition coefficient (Wildman–Crippen LogP) is 3.18. The summed E-state index contributed by atoms with van der Waals surface area (Å²) in [7, 11) is 4.48. The van der Waals surface area contributed by atoms with E-state index in [1.54, 1.807) is 0 Å². The van der Waals surface area contributed by atoms with Gasteiger partial charge in [-0.1, -0.05) is 0 Å². The third-order valence-electron chi connectivity index (χ3n) is 8.88. The Labute approximate surface area is 382 Å². The molecule has 0 saturated heterocycles. The van der Waals surface area contributed by atoms with Crippen molar-refractivity contribution < 1.29 is 68.7 Å². The van der Waals surface area contributed by atoms with Gasteiger partial charge in [0.1, 0.15) is 0 Å². The van der Waals surface area contributed by atoms with Crippen LogP contribution in [-0.4, -0.2) is 70.3 Å². The number of rotatable bonds is 12. The van der Waals surface area contributed by atoms with Gasteiger partial charge in [-0.3, -0.25) is 45.7 Å². The molecule has 0 aliphatic heterocycles. The first-order valence-electron chi connectivity index (χ1n) is 18.1. The number of aromatic nitrogens is 3. The van der Waals surface area contributed by atoms with Crippen LogP contribution in [0.5, 0.6) is 0 Å². The second-order valence-corrected chi connectivity index (χ2v) is 13.7. The van der Waals surface area contributed by atoms with Gasteiger partial charge in [0.25, 0.3) is 0 Å². The largest absolute Gasteiger partial charge is 3.00 e. The van der Waals surface area contributed by atoms with Crippen molar-refractivity contribution in [2.45, 2.75) is 62.3 Å². The minimum Gasteiger partial charge on any atom is -0.625 e. The molecule has 0 saturated carbocycles. The third kappa shape index (κ3) is 10.5. The Hall–Kier alpha value is -6.39. The number of anilines is 3. The molecule has 0 aliphatic carbocycles. The molecule has 61 heavy (non-hydrogen) atoms. The summed E-state index contributed by atoms with van der Waals surface area (Å²) in [5.41, 5.74) is 4.77. The van der Waals surface area contributed by atoms with Crippen molar-refractivity contribution in [1.82, 2.24) is 30.0 Å². The predicted molar refractivity (Wildman–Crippen MR) is 225 cm³/mol. The summed E-state index contributed by atoms with van der Waals surface area (Å²) in [6.07, 6.45) is 0. The van der Waals surface area contributed by atoms with E-state index in [9.17, 15) is 43.2 Å². The summed E-state index contributed by atoms with van der Waals surface area (Å²) in [6.45, 7) is 11.8. The minimum atomic E-state index is -1.19. The van der Waals surface area contributed by atoms with Crippen LogP contribution in [-0.2, 0) is 28.8 Å². The van der Waals surface area contributed by atoms with Gasteiger partial charge < -0.3 is 30.3 Å². The normalized spacial score (nSPS) is 10.4. The number of hydrogen-bond acceptors (Lipinski definition) is 12. The van der Waals surface area contributed by atoms with Crippen molar-refractivity contribution in [2.75, 3.05) is 36.2 Å². The van der Waals surface area contributed by atoms with E-state index in [0.29, 0.717) is 13.7 Å². The van der Waals surface area contributed by atoms with E-state index in [4.69, 9.17) is 0 Å². The average molecular weight is 983 g/mol. The molecule has 1 aromatic heterocycles. The molecule has 0 bridgehead atoms. The fraction of sp³-hybridized carbons (Fsp3) is 0.308. The molecule has 0 spiro atoms. The number of nitrogens with one attached hydrogen (secondary N) is 3. The first-order chi connectivity index (χ1) is 28.0. The van der Waals surface area contributed by atoms with Crippen molar-refractivity contribution in [3.05, 3.63) is 100 Å². The van der Waals surface area contributed by atoms with Crippen LogP contribution in [0.15, 0.2) is 50.8 Å². The number of amides is 6. The van der Waals surface area contributed by atoms with Crippen molar-refractivity contribution in [1.29, 1.82) is 0 Å². The second kappa shape index (κ2) is 19.8. The molecule has 0 aliphatic rings. The molecule has 3 N–H and O–H groups in total. The van der Waals surface area contributed by atoms with Crippen molar-refractivity contribution in [2.24, 2.45) is 0 Å². The van der Waals surface area contributed by atoms with Gasteiger partial charge in [0.05, 0.1) is 34.8 Å². The molecule has 4 aromatic rings. The fourth-order valence-corrected chi connectivity index (χ4v) is 6.51. The Morgan fingerprint density at radius 3 is 0.836 bits per heavy atom. The zero-order valence-corrected chi connectivity index (χ0v) is 37.8. The molecule has 0 atom stereocenters. The number of nitrogens with zero attached hydrogens (tertiary/aromatic N) is 9. The van der Waals surface area contributed by atoms with Gasteiger partial charge in [-0.05, 0) is 94.6 Å². The van der Waals surface area contributed by atoms with Crippen LogP contribution in [0.1, 0.15) is 58.2 Å². The number of carbonyl (C=O) groups excluding carboxylic acids is 6. The first-order valence-corrected chi connectivity index (χ1v) is 18.1. The van der Waals surface area contributed by atoms with Gasteiger partial charge in [-0.25, -0.2) is 28.1 Å². The molecule has 4 rings (SSSR count). The van der Waals surface area contributed by atoms with Crippen molar-refractivity contribution in [3.63, 3.8) is 0 Å². The van der Waals surface area contributed by atoms with E-state index < -0.39 is 52.5 Å². The molecule has 0 fully saturated rings. The number of benzene rings is 3. The molecule has 22 heteroatoms. The maximum absolute atomic E-state index is 14.9. The summed E-state index contributed by atoms with van der Waals surface area (Å²) in [6, 6.07) is 8.34. The summed E-state index contributed by atoms with van der Waals surface area (Å²) in [4.78, 5) is 118. The van der Waals surface area contributed by atoms with Crippen LogP contribution in [0.2, 0.25) is 0 Å². The van der Waals surface area contributed by atoms with Gasteiger partial charge in [-0.15, -0.1) is 17.1 Å². The standard InChI is InChI=1S/C39H48N12O9.Gd/c1-19-28(13-16-31(34(19)40-22(4)52)46(10)43-25(7)55)49-37(58)50(29-14-17-32(47(11)44-26(8)56)35(20(29)2)41-23(5)53)39(60)51(38(49)59)30-15-18-33(48(12)45-27(9)57)36(21(30)3)42-24(6)54;/h13-18H,1-12H3,(H6,40,41,42,43,44,45,52,53,54,55,56,57);/q;+3/p-3. The topological polar surface area (TPSA) is 257 Å². The van der Waals surface area contributed by atoms with Gasteiger partial charge in [-0.2, -0.15) is 0 Å². The number of carbonyl (C=O) groups is 6. The molecule has 1 heterocycles. The third-order valence-corrected chi connectivity index (χ3v) is 8.88. The van der Waals surface area contributed by atoms with Gasteiger partial charge in [0.15, 0.2) is 0 Å². The van der Waals surface area contributed by atoms with Crippen LogP contribution in [0.3, 0.4) is 0 Å². The van der Waals surface area contributed by atoms with Crippen LogP contribution >= 0.6 is 0 Å². The van der Waals surface area contributed by atoms with Crippen LogP contribution in [0, 0.1) is 60.7 Å². The summed E-state index contributed by atoms with van der Waals surface area (Å²) in [5.74, 6) is -3.27. The van der Waals surface area contributed by atoms with Crippen LogP contribution in [0.25, 0.3) is 33.0 Å². The van der Waals surface area contributed by atoms with Crippen molar-refractivity contribution >= 4 is 69.6 Å². The molecule has 1 radical (unpaired) electrons. The zero-order chi connectivity index (χ0) is 45.1. The van der Waals surface area contributed by atoms with Crippen molar-refractivity contribution in [3.8, 4) is 17.1 Å². The fourth-order valence-electron chi connectivity index (χ4n) is 6.51. The van der Waals surface area contributed by atoms with E-state index in [0.717, 1.165) is 0 Å². The summed E-state index contributed by atoms with van der Waals surface area (Å²) in [5, 5.41) is 16.3. The molecule has 6 amide bonds. The maximum Gasteiger partial charge on any atom is 3.00 e. The van der Waals surface area contributed by atoms with E-state index in [1.165, 1.54) is 135 Å². The molecule has 323 valence electrons. The van der Waals surface area contributed by atoms with E-state index in [-0.39, 0.29) is 108 Å². The number of hydrazine groups is 3. The Morgan fingerprint density at radius 2 is 0.656 bits per heavy atom. The molecule has 0 unspecified atom stereocenters. The molecule has 3 aromatic carbocycles. The zero-order valence-electron chi connectivity index (χ0n) is 35.5. The molecular formula is C39H45GdN12O9. The number of hydrogen-bond donors (Lipinski definition) is 3. The van der Waals surface area contributed by atoms with Gasteiger partial charge >= 0.3 is 57.0 Å². The average Bonchev–Trinajstić information content (AvgIpc) is 3.11. The van der Waals surface area contributed by atoms with Gasteiger partial charge in [0, 0.05) is 59.0 Å². The maximum atomic E-state index is 14.9. The van der Waals surface area contributed by atoms with Crippen LogP contribution in [0.4, 0.5) is 34.1 Å². The van der Waals surface area contributed by atoms with E-state index in [1.807, 2.05) is 0 Å². The van der Waals surface area contributed by atoms with Crippen LogP contribution < -0.4 is 48.4 Å². The molecule has 21 nitrogen and oxygen atoms in total. The smallest absolute Gasteiger partial charge is 0.625 e. The van der Waals surface area contributed by atoms with E-state index in [2.05, 4.69) is 32.2 Å². The Bertz CT molecular complexity index is 2340. The van der Waals surface area contributed by atoms with E-state index >= 15 is 0 Å². The molecular weight excluding hydrogens is 938 g/mol. The Balaban J connectivity index is 0.00000992. The summed E-state index contributed by atoms with van der Waals surface area (Å²) < 4.78 is 2.07. The Morgan fingerprint density at radius 1 is 0.443 bits per heavy atom. The van der Waals surface area contributed by atoms with Gasteiger partial charge in [0.2, 0.25) is 17.7 Å². The quantitative estimate of drug-likeness (QED) is 0.173.